The molecular weight excluding hydrogens is 134 g/mol. The van der Waals surface area contributed by atoms with Crippen molar-refractivity contribution in [3.8, 4) is 0 Å². The molecule has 1 radical (unpaired) electrons. The number of hydrogen-bond donors (Lipinski definition) is 2. The van der Waals surface area contributed by atoms with Crippen molar-refractivity contribution in [2.75, 3.05) is 6.54 Å². The fourth-order valence-electron chi connectivity index (χ4n) is 0. The predicted molar refractivity (Wildman–Crippen MR) is 16.7 cm³/mol. The molecule has 0 aromatic rings. The Morgan fingerprint density at radius 3 is 2.00 bits per heavy atom. The van der Waals surface area contributed by atoms with E-state index in [0.717, 1.165) is 0 Å². The minimum Gasteiger partial charge on any atom is -0.480 e. The Kier molecular flexibility index (Phi) is 7.71. The summed E-state index contributed by atoms with van der Waals surface area (Å²) in [6, 6.07) is 0. The van der Waals surface area contributed by atoms with Crippen molar-refractivity contribution < 1.29 is 27.0 Å². The standard InChI is InChI=1S/C2H5NO2.Cu/c3-1-2(4)5;/h1,3H2,(H,4,5);. The van der Waals surface area contributed by atoms with Crippen LogP contribution in [-0.4, -0.2) is 17.6 Å². The second kappa shape index (κ2) is 4.95. The van der Waals surface area contributed by atoms with Gasteiger partial charge in [-0.1, -0.05) is 0 Å². The summed E-state index contributed by atoms with van der Waals surface area (Å²) < 4.78 is 0. The summed E-state index contributed by atoms with van der Waals surface area (Å²) >= 11 is 0. The van der Waals surface area contributed by atoms with Gasteiger partial charge in [-0.3, -0.25) is 4.79 Å². The number of carboxylic acids is 1. The molecule has 0 unspecified atom stereocenters. The number of rotatable bonds is 1. The van der Waals surface area contributed by atoms with Gasteiger partial charge in [0.25, 0.3) is 0 Å². The zero-order valence-electron chi connectivity index (χ0n) is 2.94. The van der Waals surface area contributed by atoms with Gasteiger partial charge in [-0.25, -0.2) is 0 Å². The maximum atomic E-state index is 9.24. The Morgan fingerprint density at radius 1 is 1.83 bits per heavy atom. The molecule has 0 aliphatic carbocycles. The van der Waals surface area contributed by atoms with Gasteiger partial charge in [0, 0.05) is 17.1 Å². The average Bonchev–Trinajstić information content (AvgIpc) is 1.38. The molecule has 0 amide bonds. The smallest absolute Gasteiger partial charge is 0.317 e. The Hall–Kier alpha value is -0.0505. The largest absolute Gasteiger partial charge is 0.480 e. The van der Waals surface area contributed by atoms with E-state index < -0.39 is 5.97 Å². The minimum absolute atomic E-state index is 0. The molecule has 0 aromatic heterocycles. The Bertz CT molecular complexity index is 46.8. The first-order valence-electron chi connectivity index (χ1n) is 1.19. The molecule has 0 aliphatic heterocycles. The Labute approximate surface area is 46.0 Å². The van der Waals surface area contributed by atoms with Crippen LogP contribution in [0.2, 0.25) is 0 Å². The first-order chi connectivity index (χ1) is 2.27. The number of aliphatic carboxylic acids is 1. The first kappa shape index (κ1) is 9.34. The maximum absolute atomic E-state index is 9.24. The zero-order valence-corrected chi connectivity index (χ0v) is 3.88. The third-order valence-corrected chi connectivity index (χ3v) is 0.175. The number of carboxylic acid groups (broad SMARTS) is 1. The van der Waals surface area contributed by atoms with E-state index in [2.05, 4.69) is 5.73 Å². The van der Waals surface area contributed by atoms with Crippen molar-refractivity contribution in [3.63, 3.8) is 0 Å². The van der Waals surface area contributed by atoms with Crippen LogP contribution in [0.1, 0.15) is 0 Å². The van der Waals surface area contributed by atoms with Gasteiger partial charge in [-0.05, 0) is 0 Å². The SMILES string of the molecule is NCC(=O)O.[Cu]. The summed E-state index contributed by atoms with van der Waals surface area (Å²) in [7, 11) is 0. The summed E-state index contributed by atoms with van der Waals surface area (Å²) in [4.78, 5) is 9.24. The van der Waals surface area contributed by atoms with Crippen molar-refractivity contribution in [1.82, 2.24) is 0 Å². The molecule has 0 aliphatic rings. The van der Waals surface area contributed by atoms with Gasteiger partial charge >= 0.3 is 5.97 Å². The summed E-state index contributed by atoms with van der Waals surface area (Å²) in [6.45, 7) is -0.278. The van der Waals surface area contributed by atoms with Crippen LogP contribution >= 0.6 is 0 Å². The molecule has 0 rings (SSSR count). The van der Waals surface area contributed by atoms with Crippen LogP contribution in [0.15, 0.2) is 0 Å². The third kappa shape index (κ3) is 9.04. The fourth-order valence-corrected chi connectivity index (χ4v) is 0. The average molecular weight is 139 g/mol. The minimum atomic E-state index is -0.968. The predicted octanol–water partition coefficient (Wildman–Crippen LogP) is -0.973. The van der Waals surface area contributed by atoms with Crippen LogP contribution in [0.4, 0.5) is 0 Å². The van der Waals surface area contributed by atoms with Crippen LogP contribution < -0.4 is 5.73 Å². The number of carbonyl (C=O) groups is 1. The molecule has 3 nitrogen and oxygen atoms in total. The Morgan fingerprint density at radius 2 is 2.00 bits per heavy atom. The molecule has 6 heavy (non-hydrogen) atoms. The maximum Gasteiger partial charge on any atom is 0.317 e. The summed E-state index contributed by atoms with van der Waals surface area (Å²) in [6.07, 6.45) is 0. The fraction of sp³-hybridized carbons (Fsp3) is 0.500. The van der Waals surface area contributed by atoms with Gasteiger partial charge in [0.15, 0.2) is 0 Å². The van der Waals surface area contributed by atoms with Crippen LogP contribution in [-0.2, 0) is 21.9 Å². The van der Waals surface area contributed by atoms with E-state index in [9.17, 15) is 4.79 Å². The van der Waals surface area contributed by atoms with E-state index in [0.29, 0.717) is 0 Å². The van der Waals surface area contributed by atoms with E-state index in [1.165, 1.54) is 0 Å². The molecule has 0 bridgehead atoms. The van der Waals surface area contributed by atoms with Crippen molar-refractivity contribution in [3.05, 3.63) is 0 Å². The zero-order chi connectivity index (χ0) is 4.28. The van der Waals surface area contributed by atoms with Gasteiger partial charge in [-0.2, -0.15) is 0 Å². The van der Waals surface area contributed by atoms with Gasteiger partial charge in [0.2, 0.25) is 0 Å². The van der Waals surface area contributed by atoms with Crippen LogP contribution in [0.5, 0.6) is 0 Å². The second-order valence-electron chi connectivity index (χ2n) is 0.598. The van der Waals surface area contributed by atoms with Crippen molar-refractivity contribution in [1.29, 1.82) is 0 Å². The second-order valence-corrected chi connectivity index (χ2v) is 0.598. The quantitative estimate of drug-likeness (QED) is 0.459. The van der Waals surface area contributed by atoms with E-state index in [-0.39, 0.29) is 23.6 Å². The molecule has 0 atom stereocenters. The molecule has 3 N–H and O–H groups in total. The normalized spacial score (nSPS) is 6.17. The summed E-state index contributed by atoms with van der Waals surface area (Å²) in [5.41, 5.74) is 4.57. The van der Waals surface area contributed by atoms with Crippen molar-refractivity contribution >= 4 is 5.97 Å². The van der Waals surface area contributed by atoms with Gasteiger partial charge < -0.3 is 10.8 Å². The molecule has 41 valence electrons. The number of nitrogens with two attached hydrogens (primary N) is 1. The number of hydrogen-bond acceptors (Lipinski definition) is 2. The molecule has 0 saturated heterocycles. The third-order valence-electron chi connectivity index (χ3n) is 0.175. The monoisotopic (exact) mass is 138 g/mol. The van der Waals surface area contributed by atoms with Crippen LogP contribution in [0.25, 0.3) is 0 Å². The first-order valence-corrected chi connectivity index (χ1v) is 1.19. The summed E-state index contributed by atoms with van der Waals surface area (Å²) in [5, 5.41) is 7.60. The van der Waals surface area contributed by atoms with E-state index in [4.69, 9.17) is 5.11 Å². The molecule has 0 saturated carbocycles. The molecule has 0 aromatic carbocycles. The van der Waals surface area contributed by atoms with Crippen molar-refractivity contribution in [2.24, 2.45) is 5.73 Å². The molecule has 0 heterocycles. The van der Waals surface area contributed by atoms with Crippen molar-refractivity contribution in [2.45, 2.75) is 0 Å². The van der Waals surface area contributed by atoms with Crippen LogP contribution in [0.3, 0.4) is 0 Å². The van der Waals surface area contributed by atoms with E-state index in [1.807, 2.05) is 0 Å². The molecular formula is C2H5CuNO2. The molecule has 4 heteroatoms. The summed E-state index contributed by atoms with van der Waals surface area (Å²) in [5.74, 6) is -0.968. The van der Waals surface area contributed by atoms with Crippen LogP contribution in [0, 0.1) is 0 Å². The van der Waals surface area contributed by atoms with E-state index >= 15 is 0 Å². The van der Waals surface area contributed by atoms with E-state index in [1.54, 1.807) is 0 Å². The molecule has 0 fully saturated rings. The topological polar surface area (TPSA) is 63.3 Å². The van der Waals surface area contributed by atoms with Gasteiger partial charge in [0.1, 0.15) is 0 Å². The van der Waals surface area contributed by atoms with Gasteiger partial charge in [-0.15, -0.1) is 0 Å². The Balaban J connectivity index is 0. The van der Waals surface area contributed by atoms with Gasteiger partial charge in [0.05, 0.1) is 6.54 Å². The molecule has 0 spiro atoms.